The van der Waals surface area contributed by atoms with Crippen LogP contribution < -0.4 is 0 Å². The van der Waals surface area contributed by atoms with E-state index in [1.807, 2.05) is 17.5 Å². The second-order valence-corrected chi connectivity index (χ2v) is 12.6. The molecule has 0 aliphatic heterocycles. The van der Waals surface area contributed by atoms with E-state index in [-0.39, 0.29) is 0 Å². The molecule has 1 aliphatic rings. The molecule has 3 aromatic heterocycles. The predicted molar refractivity (Wildman–Crippen MR) is 189 cm³/mol. The van der Waals surface area contributed by atoms with Gasteiger partial charge in [0.2, 0.25) is 0 Å². The van der Waals surface area contributed by atoms with Gasteiger partial charge in [-0.2, -0.15) is 0 Å². The molecule has 0 fully saturated rings. The highest BCUT2D eigenvalue weighted by Crippen LogP contribution is 2.42. The Kier molecular flexibility index (Phi) is 5.85. The first kappa shape index (κ1) is 25.3. The molecule has 208 valence electrons. The molecule has 9 rings (SSSR count). The van der Waals surface area contributed by atoms with Crippen molar-refractivity contribution in [2.75, 3.05) is 0 Å². The normalized spacial score (nSPS) is 13.5. The number of nitrogens with zero attached hydrogens (tertiary/aromatic N) is 2. The molecule has 2 nitrogen and oxygen atoms in total. The number of pyridine rings is 1. The van der Waals surface area contributed by atoms with E-state index in [1.54, 1.807) is 0 Å². The predicted octanol–water partition coefficient (Wildman–Crippen LogP) is 11.6. The average molecular weight is 581 g/mol. The summed E-state index contributed by atoms with van der Waals surface area (Å²) in [7, 11) is 0. The smallest absolute Gasteiger partial charge is 0.0948 e. The number of hydrogen-bond donors (Lipinski definition) is 0. The van der Waals surface area contributed by atoms with Crippen LogP contribution in [0.1, 0.15) is 18.4 Å². The van der Waals surface area contributed by atoms with Crippen molar-refractivity contribution in [3.05, 3.63) is 151 Å². The fraction of sp³-hybridized carbons (Fsp3) is 0.0488. The standard InChI is InChI=1S/C41H28N2S/c1-3-10-27(11-4-1)29-14-9-15-32(24-29)43-37-20-18-30(31-19-21-39-36(26-31)33-16-7-8-17-38(33)44-39)25-35(37)34-22-23-42-40(41(34)43)28-12-5-2-6-13-28/h1-8,10-14,16-26H,9,15H2. The van der Waals surface area contributed by atoms with Crippen molar-refractivity contribution in [2.45, 2.75) is 12.8 Å². The second kappa shape index (κ2) is 10.2. The lowest BCUT2D eigenvalue weighted by molar-refractivity contribution is 0.981. The molecule has 0 bridgehead atoms. The molecule has 0 saturated carbocycles. The zero-order valence-corrected chi connectivity index (χ0v) is 24.9. The van der Waals surface area contributed by atoms with E-state index >= 15 is 0 Å². The number of rotatable bonds is 4. The number of benzene rings is 5. The summed E-state index contributed by atoms with van der Waals surface area (Å²) in [5.41, 5.74) is 10.8. The molecule has 0 amide bonds. The van der Waals surface area contributed by atoms with Gasteiger partial charge in [0.1, 0.15) is 0 Å². The van der Waals surface area contributed by atoms with Gasteiger partial charge in [-0.05, 0) is 77.6 Å². The largest absolute Gasteiger partial charge is 0.311 e. The minimum atomic E-state index is 0.974. The van der Waals surface area contributed by atoms with Gasteiger partial charge in [-0.1, -0.05) is 97.1 Å². The SMILES string of the molecule is C1=C(c2ccccc2)C=C(n2c3ccc(-c4ccc5sc6ccccc6c5c4)cc3c3ccnc(-c4ccccc4)c32)CC1. The summed E-state index contributed by atoms with van der Waals surface area (Å²) in [4.78, 5) is 4.98. The van der Waals surface area contributed by atoms with Gasteiger partial charge in [-0.3, -0.25) is 4.98 Å². The first-order valence-electron chi connectivity index (χ1n) is 15.2. The summed E-state index contributed by atoms with van der Waals surface area (Å²) in [5, 5.41) is 5.14. The van der Waals surface area contributed by atoms with E-state index < -0.39 is 0 Å². The Morgan fingerprint density at radius 3 is 2.11 bits per heavy atom. The molecule has 0 N–H and O–H groups in total. The first-order valence-corrected chi connectivity index (χ1v) is 16.0. The lowest BCUT2D eigenvalue weighted by Gasteiger charge is -2.19. The van der Waals surface area contributed by atoms with E-state index in [0.29, 0.717) is 0 Å². The van der Waals surface area contributed by atoms with Crippen LogP contribution in [0, 0.1) is 0 Å². The molecule has 44 heavy (non-hydrogen) atoms. The summed E-state index contributed by atoms with van der Waals surface area (Å²) in [5.74, 6) is 0. The van der Waals surface area contributed by atoms with E-state index in [9.17, 15) is 0 Å². The monoisotopic (exact) mass is 580 g/mol. The second-order valence-electron chi connectivity index (χ2n) is 11.5. The number of hydrogen-bond acceptors (Lipinski definition) is 2. The summed E-state index contributed by atoms with van der Waals surface area (Å²) in [6, 6.07) is 46.2. The van der Waals surface area contributed by atoms with Crippen LogP contribution in [0.4, 0.5) is 0 Å². The number of thiophene rings is 1. The lowest BCUT2D eigenvalue weighted by atomic mass is 9.97. The topological polar surface area (TPSA) is 17.8 Å². The number of allylic oxidation sites excluding steroid dienone is 4. The van der Waals surface area contributed by atoms with Crippen molar-refractivity contribution < 1.29 is 0 Å². The third-order valence-electron chi connectivity index (χ3n) is 8.91. The van der Waals surface area contributed by atoms with Crippen LogP contribution >= 0.6 is 11.3 Å². The lowest BCUT2D eigenvalue weighted by Crippen LogP contribution is -2.02. The Labute approximate surface area is 259 Å². The molecular weight excluding hydrogens is 553 g/mol. The molecule has 0 spiro atoms. The number of aromatic nitrogens is 2. The van der Waals surface area contributed by atoms with Gasteiger partial charge in [0, 0.05) is 48.4 Å². The molecule has 3 heteroatoms. The molecule has 0 saturated heterocycles. The van der Waals surface area contributed by atoms with E-state index in [2.05, 4.69) is 144 Å². The van der Waals surface area contributed by atoms with Crippen LogP contribution in [-0.2, 0) is 0 Å². The molecule has 0 atom stereocenters. The zero-order chi connectivity index (χ0) is 29.0. The Balaban J connectivity index is 1.29. The average Bonchev–Trinajstić information content (AvgIpc) is 3.64. The fourth-order valence-corrected chi connectivity index (χ4v) is 7.94. The maximum Gasteiger partial charge on any atom is 0.0948 e. The van der Waals surface area contributed by atoms with E-state index in [0.717, 1.165) is 24.1 Å². The van der Waals surface area contributed by atoms with Crippen molar-refractivity contribution in [3.8, 4) is 22.4 Å². The van der Waals surface area contributed by atoms with Gasteiger partial charge < -0.3 is 4.57 Å². The highest BCUT2D eigenvalue weighted by atomic mass is 32.1. The Bertz CT molecular complexity index is 2420. The number of fused-ring (bicyclic) bond motifs is 6. The van der Waals surface area contributed by atoms with Gasteiger partial charge in [0.15, 0.2) is 0 Å². The van der Waals surface area contributed by atoms with Crippen molar-refractivity contribution in [2.24, 2.45) is 0 Å². The van der Waals surface area contributed by atoms with Crippen LogP contribution in [-0.4, -0.2) is 9.55 Å². The van der Waals surface area contributed by atoms with Gasteiger partial charge in [-0.25, -0.2) is 0 Å². The molecule has 5 aromatic carbocycles. The van der Waals surface area contributed by atoms with Crippen LogP contribution in [0.25, 0.3) is 75.6 Å². The Morgan fingerprint density at radius 1 is 0.568 bits per heavy atom. The highest BCUT2D eigenvalue weighted by molar-refractivity contribution is 7.25. The Hall–Kier alpha value is -5.25. The van der Waals surface area contributed by atoms with Gasteiger partial charge in [0.05, 0.1) is 16.7 Å². The summed E-state index contributed by atoms with van der Waals surface area (Å²) in [6.45, 7) is 0. The van der Waals surface area contributed by atoms with Crippen molar-refractivity contribution in [1.82, 2.24) is 9.55 Å². The third-order valence-corrected chi connectivity index (χ3v) is 10.1. The quantitative estimate of drug-likeness (QED) is 0.202. The van der Waals surface area contributed by atoms with Crippen LogP contribution in [0.15, 0.2) is 146 Å². The maximum atomic E-state index is 4.98. The third kappa shape index (κ3) is 4.05. The van der Waals surface area contributed by atoms with Gasteiger partial charge in [-0.15, -0.1) is 11.3 Å². The summed E-state index contributed by atoms with van der Waals surface area (Å²) >= 11 is 1.87. The highest BCUT2D eigenvalue weighted by Gasteiger charge is 2.21. The van der Waals surface area contributed by atoms with Gasteiger partial charge >= 0.3 is 0 Å². The Morgan fingerprint density at radius 2 is 1.27 bits per heavy atom. The molecule has 8 aromatic rings. The summed E-state index contributed by atoms with van der Waals surface area (Å²) in [6.07, 6.45) is 8.69. The van der Waals surface area contributed by atoms with Crippen molar-refractivity contribution in [1.29, 1.82) is 0 Å². The molecule has 0 radical (unpaired) electrons. The van der Waals surface area contributed by atoms with Crippen molar-refractivity contribution in [3.63, 3.8) is 0 Å². The minimum Gasteiger partial charge on any atom is -0.311 e. The molecule has 0 unspecified atom stereocenters. The van der Waals surface area contributed by atoms with E-state index in [4.69, 9.17) is 4.98 Å². The zero-order valence-electron chi connectivity index (χ0n) is 24.1. The van der Waals surface area contributed by atoms with Crippen LogP contribution in [0.5, 0.6) is 0 Å². The molecular formula is C41H28N2S. The molecule has 1 aliphatic carbocycles. The first-order chi connectivity index (χ1) is 21.8. The van der Waals surface area contributed by atoms with Crippen LogP contribution in [0.2, 0.25) is 0 Å². The van der Waals surface area contributed by atoms with E-state index in [1.165, 1.54) is 69.9 Å². The minimum absolute atomic E-state index is 0.974. The molecule has 3 heterocycles. The fourth-order valence-electron chi connectivity index (χ4n) is 6.85. The maximum absolute atomic E-state index is 4.98. The summed E-state index contributed by atoms with van der Waals surface area (Å²) < 4.78 is 5.15. The van der Waals surface area contributed by atoms with Crippen molar-refractivity contribution >= 4 is 64.6 Å². The van der Waals surface area contributed by atoms with Crippen LogP contribution in [0.3, 0.4) is 0 Å². The van der Waals surface area contributed by atoms with Gasteiger partial charge in [0.25, 0.3) is 0 Å².